The molecule has 3 rings (SSSR count). The Bertz CT molecular complexity index is 1140. The van der Waals surface area contributed by atoms with Gasteiger partial charge in [-0.05, 0) is 42.5 Å². The van der Waals surface area contributed by atoms with Gasteiger partial charge in [-0.15, -0.1) is 0 Å². The van der Waals surface area contributed by atoms with Gasteiger partial charge >= 0.3 is 6.18 Å². The third-order valence-electron chi connectivity index (χ3n) is 5.20. The van der Waals surface area contributed by atoms with E-state index in [-0.39, 0.29) is 17.3 Å². The molecule has 3 aromatic rings. The van der Waals surface area contributed by atoms with E-state index in [4.69, 9.17) is 34.8 Å². The zero-order valence-corrected chi connectivity index (χ0v) is 22.9. The van der Waals surface area contributed by atoms with E-state index in [0.717, 1.165) is 47.4 Å². The van der Waals surface area contributed by atoms with Crippen molar-refractivity contribution < 1.29 is 30.1 Å². The summed E-state index contributed by atoms with van der Waals surface area (Å²) >= 11 is 19.4. The predicted molar refractivity (Wildman–Crippen MR) is 137 cm³/mol. The number of alkyl halides is 3. The first kappa shape index (κ1) is 29.9. The van der Waals surface area contributed by atoms with Gasteiger partial charge in [0.15, 0.2) is 0 Å². The molecule has 0 unspecified atom stereocenters. The Labute approximate surface area is 229 Å². The van der Waals surface area contributed by atoms with Crippen LogP contribution in [0.4, 0.5) is 18.9 Å². The summed E-state index contributed by atoms with van der Waals surface area (Å²) in [7, 11) is 4.27. The van der Waals surface area contributed by atoms with Gasteiger partial charge in [0.2, 0.25) is 0 Å². The number of quaternary nitrogens is 1. The van der Waals surface area contributed by atoms with E-state index in [1.165, 1.54) is 12.1 Å². The maximum atomic E-state index is 13.4. The van der Waals surface area contributed by atoms with E-state index < -0.39 is 11.7 Å². The summed E-state index contributed by atoms with van der Waals surface area (Å²) in [6.07, 6.45) is -3.56. The molecule has 0 radical (unpaired) electrons. The number of hydrogen-bond acceptors (Lipinski definition) is 2. The van der Waals surface area contributed by atoms with Crippen molar-refractivity contribution in [1.82, 2.24) is 0 Å². The first-order chi connectivity index (χ1) is 15.9. The van der Waals surface area contributed by atoms with Crippen molar-refractivity contribution in [2.75, 3.05) is 32.5 Å². The molecule has 0 bridgehead atoms. The molecule has 0 saturated heterocycles. The van der Waals surface area contributed by atoms with Crippen molar-refractivity contribution in [1.29, 1.82) is 0 Å². The zero-order chi connectivity index (χ0) is 24.9. The topological polar surface area (TPSA) is 12.0 Å². The third kappa shape index (κ3) is 8.96. The molecule has 0 fully saturated rings. The third-order valence-corrected chi connectivity index (χ3v) is 7.33. The van der Waals surface area contributed by atoms with Crippen molar-refractivity contribution in [3.8, 4) is 0 Å². The molecular weight excluding hydrogens is 559 g/mol. The lowest BCUT2D eigenvalue weighted by Gasteiger charge is -2.30. The summed E-state index contributed by atoms with van der Waals surface area (Å²) in [5.41, 5.74) is 1.16. The number of hydrogen-bond donors (Lipinski definition) is 1. The fraction of sp³-hybridized carbons (Fsp3) is 0.280. The molecule has 0 aliphatic heterocycles. The molecule has 0 heterocycles. The second kappa shape index (κ2) is 12.8. The van der Waals surface area contributed by atoms with Crippen molar-refractivity contribution in [3.05, 3.63) is 86.9 Å². The van der Waals surface area contributed by atoms with Crippen molar-refractivity contribution in [3.63, 3.8) is 0 Å². The van der Waals surface area contributed by atoms with Crippen molar-refractivity contribution in [2.45, 2.75) is 28.9 Å². The van der Waals surface area contributed by atoms with Gasteiger partial charge in [0.1, 0.15) is 6.54 Å². The molecule has 35 heavy (non-hydrogen) atoms. The number of benzene rings is 3. The van der Waals surface area contributed by atoms with E-state index in [0.29, 0.717) is 32.2 Å². The van der Waals surface area contributed by atoms with Crippen LogP contribution < -0.4 is 17.7 Å². The molecule has 0 aromatic heterocycles. The summed E-state index contributed by atoms with van der Waals surface area (Å²) in [5.74, 6) is 0. The van der Waals surface area contributed by atoms with Crippen LogP contribution in [0.25, 0.3) is 0 Å². The molecule has 0 atom stereocenters. The van der Waals surface area contributed by atoms with Crippen LogP contribution in [-0.2, 0) is 12.7 Å². The molecular formula is C25H25Cl4F3N2S. The minimum atomic E-state index is -4.42. The lowest BCUT2D eigenvalue weighted by Crippen LogP contribution is -3.00. The molecule has 0 saturated carbocycles. The van der Waals surface area contributed by atoms with E-state index in [9.17, 15) is 13.2 Å². The van der Waals surface area contributed by atoms with Crippen LogP contribution in [0.3, 0.4) is 0 Å². The number of rotatable bonds is 9. The molecule has 1 N–H and O–H groups in total. The molecule has 0 amide bonds. The Morgan fingerprint density at radius 2 is 1.60 bits per heavy atom. The summed E-state index contributed by atoms with van der Waals surface area (Å²) in [6, 6.07) is 16.4. The Hall–Kier alpha value is -1.28. The maximum Gasteiger partial charge on any atom is 0.417 e. The standard InChI is InChI=1S/C25H25Cl3F3N2S.ClH/c1-33(2,16-17-8-10-20(27)21(28)14-17)13-5-12-32-22-15-18(26)9-11-24(22)34-23-7-4-3-6-19(23)25(29,30)31;/h3-4,6-11,14-15,32H,5,12-13,16H2,1-2H3;1H/q+1;/p-1. The molecule has 0 spiro atoms. The van der Waals surface area contributed by atoms with Crippen LogP contribution in [0.15, 0.2) is 70.5 Å². The van der Waals surface area contributed by atoms with E-state index >= 15 is 0 Å². The molecule has 190 valence electrons. The highest BCUT2D eigenvalue weighted by atomic mass is 35.5. The van der Waals surface area contributed by atoms with Gasteiger partial charge < -0.3 is 22.2 Å². The summed E-state index contributed by atoms with van der Waals surface area (Å²) in [6.45, 7) is 2.33. The van der Waals surface area contributed by atoms with Gasteiger partial charge in [-0.2, -0.15) is 13.2 Å². The number of nitrogens with one attached hydrogen (secondary N) is 1. The lowest BCUT2D eigenvalue weighted by atomic mass is 10.2. The Kier molecular flexibility index (Phi) is 10.9. The van der Waals surface area contributed by atoms with Crippen LogP contribution in [-0.4, -0.2) is 31.7 Å². The predicted octanol–water partition coefficient (Wildman–Crippen LogP) is 5.90. The Morgan fingerprint density at radius 1 is 0.886 bits per heavy atom. The molecule has 0 aliphatic carbocycles. The Balaban J connectivity index is 0.00000432. The van der Waals surface area contributed by atoms with Crippen LogP contribution in [0.5, 0.6) is 0 Å². The van der Waals surface area contributed by atoms with Gasteiger partial charge in [0, 0.05) is 39.0 Å². The lowest BCUT2D eigenvalue weighted by molar-refractivity contribution is -0.903. The fourth-order valence-electron chi connectivity index (χ4n) is 3.58. The van der Waals surface area contributed by atoms with Gasteiger partial charge in [0.25, 0.3) is 0 Å². The average molecular weight is 584 g/mol. The van der Waals surface area contributed by atoms with Gasteiger partial charge in [-0.1, -0.05) is 64.8 Å². The van der Waals surface area contributed by atoms with Gasteiger partial charge in [0.05, 0.1) is 36.2 Å². The minimum Gasteiger partial charge on any atom is -1.00 e. The maximum absolute atomic E-state index is 13.4. The van der Waals surface area contributed by atoms with Crippen LogP contribution in [0.1, 0.15) is 17.5 Å². The largest absolute Gasteiger partial charge is 1.00 e. The molecule has 0 aliphatic rings. The second-order valence-corrected chi connectivity index (χ2v) is 10.9. The highest BCUT2D eigenvalue weighted by Crippen LogP contribution is 2.42. The smallest absolute Gasteiger partial charge is 0.417 e. The van der Waals surface area contributed by atoms with Crippen LogP contribution in [0, 0.1) is 0 Å². The van der Waals surface area contributed by atoms with Crippen molar-refractivity contribution in [2.24, 2.45) is 0 Å². The zero-order valence-electron chi connectivity index (χ0n) is 19.1. The normalized spacial score (nSPS) is 11.8. The SMILES string of the molecule is C[N+](C)(CCCNc1cc(Cl)ccc1Sc1ccccc1C(F)(F)F)Cc1ccc(Cl)c(Cl)c1.[Cl-]. The highest BCUT2D eigenvalue weighted by Gasteiger charge is 2.33. The van der Waals surface area contributed by atoms with Gasteiger partial charge in [-0.25, -0.2) is 0 Å². The monoisotopic (exact) mass is 582 g/mol. The summed E-state index contributed by atoms with van der Waals surface area (Å²) < 4.78 is 41.0. The first-order valence-electron chi connectivity index (χ1n) is 10.6. The highest BCUT2D eigenvalue weighted by molar-refractivity contribution is 7.99. The first-order valence-corrected chi connectivity index (χ1v) is 12.5. The van der Waals surface area contributed by atoms with Crippen molar-refractivity contribution >= 4 is 52.3 Å². The molecule has 10 heteroatoms. The Morgan fingerprint density at radius 3 is 2.29 bits per heavy atom. The summed E-state index contributed by atoms with van der Waals surface area (Å²) in [5, 5.41) is 4.95. The quantitative estimate of drug-likeness (QED) is 0.249. The number of halogens is 7. The fourth-order valence-corrected chi connectivity index (χ4v) is 5.13. The summed E-state index contributed by atoms with van der Waals surface area (Å²) in [4.78, 5) is 0.838. The van der Waals surface area contributed by atoms with Gasteiger partial charge in [-0.3, -0.25) is 0 Å². The van der Waals surface area contributed by atoms with Crippen LogP contribution >= 0.6 is 46.6 Å². The van der Waals surface area contributed by atoms with E-state index in [1.54, 1.807) is 30.3 Å². The number of nitrogens with zero attached hydrogens (tertiary/aromatic N) is 1. The average Bonchev–Trinajstić information content (AvgIpc) is 2.75. The molecule has 2 nitrogen and oxygen atoms in total. The number of anilines is 1. The minimum absolute atomic E-state index is 0. The van der Waals surface area contributed by atoms with Crippen LogP contribution in [0.2, 0.25) is 15.1 Å². The van der Waals surface area contributed by atoms with E-state index in [2.05, 4.69) is 19.4 Å². The second-order valence-electron chi connectivity index (χ2n) is 8.58. The van der Waals surface area contributed by atoms with E-state index in [1.807, 2.05) is 12.1 Å². The molecule has 3 aromatic carbocycles.